The number of H-pyrrole nitrogens is 1. The zero-order valence-corrected chi connectivity index (χ0v) is 6.24. The lowest BCUT2D eigenvalue weighted by molar-refractivity contribution is -0.116. The van der Waals surface area contributed by atoms with Crippen LogP contribution >= 0.6 is 0 Å². The van der Waals surface area contributed by atoms with Crippen molar-refractivity contribution >= 4 is 18.2 Å². The first-order valence-corrected chi connectivity index (χ1v) is 3.54. The Labute approximate surface area is 69.0 Å². The highest BCUT2D eigenvalue weighted by atomic mass is 16.2. The Balaban J connectivity index is 2.29. The number of hydrogen-bond acceptors (Lipinski definition) is 2. The summed E-state index contributed by atoms with van der Waals surface area (Å²) >= 11 is 0. The first-order chi connectivity index (χ1) is 5.86. The molecule has 60 valence electrons. The summed E-state index contributed by atoms with van der Waals surface area (Å²) in [5.74, 6) is -0.156. The number of hydrogen-bond donors (Lipinski definition) is 2. The molecule has 0 saturated carbocycles. The molecule has 2 N–H and O–H groups in total. The molecule has 1 amide bonds. The van der Waals surface area contributed by atoms with Gasteiger partial charge in [0.1, 0.15) is 0 Å². The zero-order chi connectivity index (χ0) is 8.39. The first-order valence-electron chi connectivity index (χ1n) is 3.54. The highest BCUT2D eigenvalue weighted by Gasteiger charge is 2.11. The molecule has 0 spiro atoms. The van der Waals surface area contributed by atoms with Crippen LogP contribution in [0.3, 0.4) is 0 Å². The van der Waals surface area contributed by atoms with Gasteiger partial charge in [-0.05, 0) is 17.7 Å². The van der Waals surface area contributed by atoms with Gasteiger partial charge in [0.2, 0.25) is 0 Å². The smallest absolute Gasteiger partial charge is 0.273 e. The van der Waals surface area contributed by atoms with E-state index in [1.54, 1.807) is 12.3 Å². The van der Waals surface area contributed by atoms with Crippen LogP contribution < -0.4 is 5.43 Å². The van der Waals surface area contributed by atoms with Crippen molar-refractivity contribution in [1.29, 1.82) is 0 Å². The van der Waals surface area contributed by atoms with Crippen LogP contribution in [0.15, 0.2) is 29.1 Å². The Bertz CT molecular complexity index is 348. The van der Waals surface area contributed by atoms with E-state index in [9.17, 15) is 4.79 Å². The average Bonchev–Trinajstić information content (AvgIpc) is 2.65. The number of rotatable bonds is 1. The number of aromatic amines is 1. The summed E-state index contributed by atoms with van der Waals surface area (Å²) in [6, 6.07) is 1.88. The molecule has 0 fully saturated rings. The number of carbonyl (C=O) groups excluding carboxylic acids is 1. The molecule has 2 heterocycles. The number of nitrogens with one attached hydrogen (secondary N) is 2. The lowest BCUT2D eigenvalue weighted by atomic mass is 10.2. The lowest BCUT2D eigenvalue weighted by Gasteiger charge is -1.88. The minimum Gasteiger partial charge on any atom is -0.367 e. The highest BCUT2D eigenvalue weighted by molar-refractivity contribution is 6.18. The van der Waals surface area contributed by atoms with Gasteiger partial charge < -0.3 is 4.98 Å². The van der Waals surface area contributed by atoms with Crippen LogP contribution in [0.25, 0.3) is 6.08 Å². The van der Waals surface area contributed by atoms with Gasteiger partial charge in [0.25, 0.3) is 5.91 Å². The molecule has 0 radical (unpaired) electrons. The predicted octanol–water partition coefficient (Wildman–Crippen LogP) is 0.514. The van der Waals surface area contributed by atoms with Crippen LogP contribution in [-0.4, -0.2) is 17.1 Å². The van der Waals surface area contributed by atoms with Gasteiger partial charge in [0.05, 0.1) is 11.8 Å². The van der Waals surface area contributed by atoms with E-state index in [1.807, 2.05) is 12.3 Å². The van der Waals surface area contributed by atoms with Crippen molar-refractivity contribution in [2.45, 2.75) is 0 Å². The Morgan fingerprint density at radius 3 is 3.00 bits per heavy atom. The van der Waals surface area contributed by atoms with E-state index in [0.29, 0.717) is 5.57 Å². The van der Waals surface area contributed by atoms with Crippen molar-refractivity contribution < 1.29 is 4.79 Å². The summed E-state index contributed by atoms with van der Waals surface area (Å²) in [7, 11) is 0. The van der Waals surface area contributed by atoms with Crippen molar-refractivity contribution in [2.24, 2.45) is 5.10 Å². The number of carbonyl (C=O) groups is 1. The van der Waals surface area contributed by atoms with Gasteiger partial charge in [-0.3, -0.25) is 4.79 Å². The molecule has 4 heteroatoms. The minimum absolute atomic E-state index is 0.156. The fraction of sp³-hybridized carbons (Fsp3) is 0. The lowest BCUT2D eigenvalue weighted by Crippen LogP contribution is -2.11. The summed E-state index contributed by atoms with van der Waals surface area (Å²) in [5.41, 5.74) is 3.88. The second-order valence-corrected chi connectivity index (χ2v) is 2.44. The molecule has 4 nitrogen and oxygen atoms in total. The van der Waals surface area contributed by atoms with Crippen LogP contribution in [-0.2, 0) is 4.79 Å². The quantitative estimate of drug-likeness (QED) is 0.579. The Morgan fingerprint density at radius 1 is 1.50 bits per heavy atom. The van der Waals surface area contributed by atoms with Crippen molar-refractivity contribution in [2.75, 3.05) is 0 Å². The van der Waals surface area contributed by atoms with Crippen molar-refractivity contribution in [3.63, 3.8) is 0 Å². The molecule has 1 aromatic heterocycles. The summed E-state index contributed by atoms with van der Waals surface area (Å²) in [5, 5.41) is 3.62. The topological polar surface area (TPSA) is 57.2 Å². The van der Waals surface area contributed by atoms with E-state index < -0.39 is 0 Å². The van der Waals surface area contributed by atoms with Crippen molar-refractivity contribution in [3.05, 3.63) is 29.6 Å². The zero-order valence-electron chi connectivity index (χ0n) is 6.24. The van der Waals surface area contributed by atoms with Gasteiger partial charge in [-0.25, -0.2) is 5.43 Å². The molecule has 2 rings (SSSR count). The fourth-order valence-electron chi connectivity index (χ4n) is 0.993. The molecule has 1 aromatic rings. The van der Waals surface area contributed by atoms with E-state index in [1.165, 1.54) is 6.21 Å². The molecule has 12 heavy (non-hydrogen) atoms. The first kappa shape index (κ1) is 6.84. The van der Waals surface area contributed by atoms with Crippen LogP contribution in [0.4, 0.5) is 0 Å². The second-order valence-electron chi connectivity index (χ2n) is 2.44. The van der Waals surface area contributed by atoms with Crippen LogP contribution in [0, 0.1) is 0 Å². The van der Waals surface area contributed by atoms with E-state index in [0.717, 1.165) is 5.56 Å². The maximum atomic E-state index is 11.0. The van der Waals surface area contributed by atoms with Gasteiger partial charge in [0.15, 0.2) is 0 Å². The molecule has 0 bridgehead atoms. The largest absolute Gasteiger partial charge is 0.367 e. The molecular formula is C8H7N3O. The van der Waals surface area contributed by atoms with Gasteiger partial charge in [-0.15, -0.1) is 0 Å². The Kier molecular flexibility index (Phi) is 1.51. The third-order valence-electron chi connectivity index (χ3n) is 1.58. The van der Waals surface area contributed by atoms with E-state index in [2.05, 4.69) is 15.5 Å². The Morgan fingerprint density at radius 2 is 2.42 bits per heavy atom. The predicted molar refractivity (Wildman–Crippen MR) is 45.4 cm³/mol. The summed E-state index contributed by atoms with van der Waals surface area (Å²) in [6.07, 6.45) is 6.89. The van der Waals surface area contributed by atoms with Crippen LogP contribution in [0.2, 0.25) is 0 Å². The number of nitrogens with zero attached hydrogens (tertiary/aromatic N) is 1. The molecule has 0 saturated heterocycles. The standard InChI is InChI=1S/C8H7N3O/c12-8-7(5-10-11-8)3-6-1-2-9-4-6/h1-5,9H,(H,11,12). The molecule has 0 aliphatic carbocycles. The third-order valence-corrected chi connectivity index (χ3v) is 1.58. The minimum atomic E-state index is -0.156. The maximum absolute atomic E-state index is 11.0. The normalized spacial score (nSPS) is 18.7. The van der Waals surface area contributed by atoms with Gasteiger partial charge >= 0.3 is 0 Å². The van der Waals surface area contributed by atoms with Gasteiger partial charge in [-0.2, -0.15) is 5.10 Å². The SMILES string of the molecule is O=C1NN=CC1=Cc1cc[nH]c1. The Hall–Kier alpha value is -1.84. The van der Waals surface area contributed by atoms with Gasteiger partial charge in [0, 0.05) is 12.4 Å². The van der Waals surface area contributed by atoms with E-state index in [4.69, 9.17) is 0 Å². The number of aromatic nitrogens is 1. The number of hydrazone groups is 1. The van der Waals surface area contributed by atoms with Crippen LogP contribution in [0.1, 0.15) is 5.56 Å². The fourth-order valence-corrected chi connectivity index (χ4v) is 0.993. The molecule has 0 aromatic carbocycles. The van der Waals surface area contributed by atoms with Gasteiger partial charge in [-0.1, -0.05) is 0 Å². The second kappa shape index (κ2) is 2.65. The van der Waals surface area contributed by atoms with Crippen molar-refractivity contribution in [3.8, 4) is 0 Å². The molecule has 0 atom stereocenters. The van der Waals surface area contributed by atoms with Crippen LogP contribution in [0.5, 0.6) is 0 Å². The summed E-state index contributed by atoms with van der Waals surface area (Å²) < 4.78 is 0. The molecule has 1 aliphatic rings. The summed E-state index contributed by atoms with van der Waals surface area (Å²) in [6.45, 7) is 0. The monoisotopic (exact) mass is 161 g/mol. The third kappa shape index (κ3) is 1.14. The molecular weight excluding hydrogens is 154 g/mol. The number of amides is 1. The molecule has 1 aliphatic heterocycles. The summed E-state index contributed by atoms with van der Waals surface area (Å²) in [4.78, 5) is 13.9. The van der Waals surface area contributed by atoms with E-state index >= 15 is 0 Å². The van der Waals surface area contributed by atoms with Crippen molar-refractivity contribution in [1.82, 2.24) is 10.4 Å². The van der Waals surface area contributed by atoms with E-state index in [-0.39, 0.29) is 5.91 Å². The highest BCUT2D eigenvalue weighted by Crippen LogP contribution is 2.06. The maximum Gasteiger partial charge on any atom is 0.273 e. The molecule has 0 unspecified atom stereocenters. The average molecular weight is 161 g/mol.